The van der Waals surface area contributed by atoms with Crippen LogP contribution in [0.3, 0.4) is 0 Å². The Morgan fingerprint density at radius 3 is 1.31 bits per heavy atom. The predicted molar refractivity (Wildman–Crippen MR) is 310 cm³/mol. The Labute approximate surface area is 489 Å². The molecule has 2 atom stereocenters. The van der Waals surface area contributed by atoms with Gasteiger partial charge in [-0.2, -0.15) is 26.3 Å². The number of anilines is 6. The Bertz CT molecular complexity index is 3510. The fourth-order valence-electron chi connectivity index (χ4n) is 9.77. The molecule has 2 fully saturated rings. The number of rotatable bonds is 16. The van der Waals surface area contributed by atoms with E-state index >= 15 is 0 Å². The molecular weight excluding hydrogens is 1130 g/mol. The number of ether oxygens (including phenoxy) is 2. The van der Waals surface area contributed by atoms with E-state index in [1.54, 1.807) is 77.0 Å². The zero-order valence-electron chi connectivity index (χ0n) is 47.2. The van der Waals surface area contributed by atoms with Gasteiger partial charge in [0, 0.05) is 78.2 Å². The van der Waals surface area contributed by atoms with Crippen LogP contribution in [-0.2, 0) is 12.4 Å². The van der Waals surface area contributed by atoms with Crippen molar-refractivity contribution in [2.45, 2.75) is 37.3 Å². The molecule has 6 heterocycles. The summed E-state index contributed by atoms with van der Waals surface area (Å²) in [6.45, 7) is 3.09. The normalized spacial score (nSPS) is 15.3. The molecule has 0 radical (unpaired) electrons. The van der Waals surface area contributed by atoms with Gasteiger partial charge in [-0.3, -0.25) is 9.59 Å². The summed E-state index contributed by atoms with van der Waals surface area (Å²) in [5.41, 5.74) is -0.0349. The van der Waals surface area contributed by atoms with Gasteiger partial charge in [0.05, 0.1) is 67.5 Å². The van der Waals surface area contributed by atoms with Gasteiger partial charge in [0.25, 0.3) is 11.8 Å². The molecule has 26 heteroatoms. The number of likely N-dealkylation sites (tertiary alicyclic amines) is 2. The lowest BCUT2D eigenvalue weighted by Gasteiger charge is -2.29. The molecule has 86 heavy (non-hydrogen) atoms. The van der Waals surface area contributed by atoms with E-state index in [0.29, 0.717) is 58.9 Å². The van der Waals surface area contributed by atoms with Gasteiger partial charge >= 0.3 is 12.4 Å². The third-order valence-corrected chi connectivity index (χ3v) is 14.4. The number of hydrogen-bond acceptors (Lipinski definition) is 16. The van der Waals surface area contributed by atoms with Gasteiger partial charge in [-0.25, -0.2) is 38.7 Å². The summed E-state index contributed by atoms with van der Waals surface area (Å²) < 4.78 is 123. The summed E-state index contributed by atoms with van der Waals surface area (Å²) in [5.74, 6) is -2.39. The molecular formula is C60H58F8N14O4. The van der Waals surface area contributed by atoms with Gasteiger partial charge in [-0.1, -0.05) is 0 Å². The number of alkyl halides is 6. The number of hydrogen-bond donors (Lipinski definition) is 4. The van der Waals surface area contributed by atoms with Crippen molar-refractivity contribution in [3.63, 3.8) is 0 Å². The molecule has 4 aromatic heterocycles. The number of likely N-dealkylation sites (N-methyl/N-ethyl adjacent to an activating group) is 4. The van der Waals surface area contributed by atoms with E-state index in [9.17, 15) is 44.7 Å². The van der Waals surface area contributed by atoms with Gasteiger partial charge < -0.3 is 50.3 Å². The van der Waals surface area contributed by atoms with Crippen LogP contribution in [-0.4, -0.2) is 132 Å². The lowest BCUT2D eigenvalue weighted by atomic mass is 10.1. The monoisotopic (exact) mass is 1190 g/mol. The largest absolute Gasteiger partial charge is 0.438 e. The maximum atomic E-state index is 15.0. The van der Waals surface area contributed by atoms with E-state index in [4.69, 9.17) is 9.47 Å². The third kappa shape index (κ3) is 14.5. The number of carbonyl (C=O) groups excluding carboxylic acids is 2. The first kappa shape index (κ1) is 61.0. The lowest BCUT2D eigenvalue weighted by molar-refractivity contribution is -0.138. The van der Waals surface area contributed by atoms with Gasteiger partial charge in [-0.15, -0.1) is 0 Å². The minimum atomic E-state index is -4.64. The number of pyridine rings is 2. The van der Waals surface area contributed by atoms with Crippen molar-refractivity contribution in [1.29, 1.82) is 0 Å². The van der Waals surface area contributed by atoms with Crippen molar-refractivity contribution in [2.24, 2.45) is 0 Å². The van der Waals surface area contributed by atoms with Gasteiger partial charge in [0.1, 0.15) is 23.1 Å². The molecule has 0 saturated carbocycles. The minimum Gasteiger partial charge on any atom is -0.438 e. The number of nitrogens with zero attached hydrogens (tertiary/aromatic N) is 10. The van der Waals surface area contributed by atoms with Gasteiger partial charge in [0.15, 0.2) is 0 Å². The molecule has 10 rings (SSSR count). The molecule has 4 aromatic carbocycles. The van der Waals surface area contributed by atoms with E-state index in [1.165, 1.54) is 48.8 Å². The number of amides is 2. The zero-order valence-corrected chi connectivity index (χ0v) is 47.2. The number of halogens is 8. The second-order valence-electron chi connectivity index (χ2n) is 20.2. The van der Waals surface area contributed by atoms with Gasteiger partial charge in [-0.05, 0) is 149 Å². The zero-order chi connectivity index (χ0) is 61.5. The second-order valence-corrected chi connectivity index (χ2v) is 20.2. The Hall–Kier alpha value is -9.56. The lowest BCUT2D eigenvalue weighted by Crippen LogP contribution is -2.34. The average Bonchev–Trinajstić information content (AvgIpc) is 3.13. The van der Waals surface area contributed by atoms with Crippen molar-refractivity contribution in [2.75, 3.05) is 99.5 Å². The van der Waals surface area contributed by atoms with Crippen LogP contribution in [0.15, 0.2) is 134 Å². The van der Waals surface area contributed by atoms with E-state index in [1.807, 2.05) is 23.9 Å². The van der Waals surface area contributed by atoms with Crippen molar-refractivity contribution >= 4 is 46.5 Å². The minimum absolute atomic E-state index is 0.0255. The first-order valence-electron chi connectivity index (χ1n) is 26.8. The van der Waals surface area contributed by atoms with Crippen LogP contribution < -0.4 is 40.5 Å². The molecule has 8 aromatic rings. The molecule has 2 aliphatic heterocycles. The molecule has 0 unspecified atom stereocenters. The summed E-state index contributed by atoms with van der Waals surface area (Å²) >= 11 is 0. The van der Waals surface area contributed by atoms with Crippen LogP contribution in [0, 0.1) is 11.6 Å². The molecule has 0 bridgehead atoms. The van der Waals surface area contributed by atoms with Crippen LogP contribution in [0.25, 0.3) is 22.5 Å². The summed E-state index contributed by atoms with van der Waals surface area (Å²) in [6.07, 6.45) is -1.53. The number of carbonyl (C=O) groups is 2. The second kappa shape index (κ2) is 26.1. The highest BCUT2D eigenvalue weighted by Gasteiger charge is 2.35. The van der Waals surface area contributed by atoms with E-state index in [2.05, 4.69) is 61.0 Å². The van der Waals surface area contributed by atoms with Crippen LogP contribution in [0.4, 0.5) is 69.8 Å². The standard InChI is InChI=1S/2C30H29F4N7O2/c2*1-35-29-37-13-10-24(39-29)21-5-4-12-36-28(21)43-20-7-8-23(31)22(16-20)27(42)38-25-15-18(30(32,33)34)6-9-26(25)41(3)19-11-14-40(2)17-19/h2*4-10,12-13,15-16,19H,11,14,17H2,1-3H3,(H,38,42)(H,35,37,39)/t2*19-/m10/s1. The summed E-state index contributed by atoms with van der Waals surface area (Å²) in [5, 5.41) is 10.7. The van der Waals surface area contributed by atoms with Crippen molar-refractivity contribution in [3.05, 3.63) is 168 Å². The highest BCUT2D eigenvalue weighted by molar-refractivity contribution is 6.07. The smallest absolute Gasteiger partial charge is 0.416 e. The summed E-state index contributed by atoms with van der Waals surface area (Å²) in [7, 11) is 10.8. The predicted octanol–water partition coefficient (Wildman–Crippen LogP) is 11.8. The molecule has 0 aliphatic carbocycles. The first-order valence-corrected chi connectivity index (χ1v) is 26.8. The summed E-state index contributed by atoms with van der Waals surface area (Å²) in [4.78, 5) is 60.1. The highest BCUT2D eigenvalue weighted by Crippen LogP contribution is 2.40. The van der Waals surface area contributed by atoms with E-state index in [-0.39, 0.29) is 46.7 Å². The average molecular weight is 1190 g/mol. The Kier molecular flexibility index (Phi) is 18.6. The molecule has 2 amide bonds. The van der Waals surface area contributed by atoms with Crippen molar-refractivity contribution in [3.8, 4) is 45.8 Å². The summed E-state index contributed by atoms with van der Waals surface area (Å²) in [6, 6.07) is 23.6. The van der Waals surface area contributed by atoms with Crippen LogP contribution in [0.1, 0.15) is 44.7 Å². The maximum absolute atomic E-state index is 15.0. The molecule has 18 nitrogen and oxygen atoms in total. The quantitative estimate of drug-likeness (QED) is 0.0668. The highest BCUT2D eigenvalue weighted by atomic mass is 19.4. The molecule has 448 valence electrons. The third-order valence-electron chi connectivity index (χ3n) is 14.4. The SMILES string of the molecule is CNc1nccc(-c2cccnc2Oc2ccc(F)c(C(=O)Nc3cc(C(F)(F)F)ccc3N(C)[C@@H]3CCN(C)C3)c2)n1.CNc1nccc(-c2cccnc2Oc2ccc(F)c(C(=O)Nc3cc(C(F)(F)F)ccc3N(C)[C@H]3CCN(C)C3)c2)n1. The van der Waals surface area contributed by atoms with Crippen molar-refractivity contribution in [1.82, 2.24) is 39.7 Å². The fraction of sp³-hybridized carbons (Fsp3) is 0.267. The van der Waals surface area contributed by atoms with Crippen molar-refractivity contribution < 1.29 is 54.2 Å². The topological polar surface area (TPSA) is 191 Å². The molecule has 2 aliphatic rings. The van der Waals surface area contributed by atoms with E-state index < -0.39 is 58.1 Å². The Morgan fingerprint density at radius 1 is 0.547 bits per heavy atom. The number of aromatic nitrogens is 6. The Balaban J connectivity index is 0.000000205. The maximum Gasteiger partial charge on any atom is 0.416 e. The fourth-order valence-corrected chi connectivity index (χ4v) is 9.77. The number of benzene rings is 4. The van der Waals surface area contributed by atoms with Crippen LogP contribution in [0.2, 0.25) is 0 Å². The van der Waals surface area contributed by atoms with E-state index in [0.717, 1.165) is 62.3 Å². The first-order chi connectivity index (χ1) is 41.1. The number of nitrogens with one attached hydrogen (secondary N) is 4. The molecule has 4 N–H and O–H groups in total. The molecule has 2 saturated heterocycles. The molecule has 0 spiro atoms. The van der Waals surface area contributed by atoms with Gasteiger partial charge in [0.2, 0.25) is 23.7 Å². The van der Waals surface area contributed by atoms with Crippen LogP contribution in [0.5, 0.6) is 23.3 Å². The Morgan fingerprint density at radius 2 is 0.953 bits per heavy atom. The van der Waals surface area contributed by atoms with Crippen LogP contribution >= 0.6 is 0 Å².